The van der Waals surface area contributed by atoms with E-state index in [2.05, 4.69) is 38.0 Å². The van der Waals surface area contributed by atoms with Crippen molar-refractivity contribution in [3.8, 4) is 11.1 Å². The lowest BCUT2D eigenvalue weighted by Crippen LogP contribution is -1.88. The quantitative estimate of drug-likeness (QED) is 0.682. The van der Waals surface area contributed by atoms with E-state index in [0.717, 1.165) is 15.7 Å². The van der Waals surface area contributed by atoms with Gasteiger partial charge in [0.15, 0.2) is 0 Å². The molecule has 0 unspecified atom stereocenters. The SMILES string of the molecule is Brc1cn2cc(-c3ccccc3)cnc2n1. The van der Waals surface area contributed by atoms with Crippen molar-refractivity contribution in [3.05, 3.63) is 53.5 Å². The van der Waals surface area contributed by atoms with Crippen molar-refractivity contribution in [1.82, 2.24) is 14.4 Å². The van der Waals surface area contributed by atoms with Crippen molar-refractivity contribution >= 4 is 21.7 Å². The summed E-state index contributed by atoms with van der Waals surface area (Å²) < 4.78 is 2.71. The number of rotatable bonds is 1. The first-order valence-corrected chi connectivity index (χ1v) is 5.68. The summed E-state index contributed by atoms with van der Waals surface area (Å²) in [5.74, 6) is 0.701. The van der Waals surface area contributed by atoms with Crippen LogP contribution in [0.3, 0.4) is 0 Å². The van der Waals surface area contributed by atoms with Gasteiger partial charge in [-0.1, -0.05) is 30.3 Å². The highest BCUT2D eigenvalue weighted by atomic mass is 79.9. The van der Waals surface area contributed by atoms with E-state index in [1.807, 2.05) is 41.2 Å². The third-order valence-corrected chi connectivity index (χ3v) is 2.77. The lowest BCUT2D eigenvalue weighted by molar-refractivity contribution is 1.11. The van der Waals surface area contributed by atoms with Crippen LogP contribution in [-0.4, -0.2) is 14.4 Å². The Hall–Kier alpha value is -1.68. The predicted octanol–water partition coefficient (Wildman–Crippen LogP) is 3.16. The Morgan fingerprint density at radius 1 is 1.00 bits per heavy atom. The van der Waals surface area contributed by atoms with Crippen LogP contribution in [0.5, 0.6) is 0 Å². The first kappa shape index (κ1) is 9.54. The number of halogens is 1. The molecule has 3 nitrogen and oxygen atoms in total. The second kappa shape index (κ2) is 3.72. The molecular weight excluding hydrogens is 266 g/mol. The van der Waals surface area contributed by atoms with Crippen molar-refractivity contribution in [2.75, 3.05) is 0 Å². The second-order valence-electron chi connectivity index (χ2n) is 3.48. The van der Waals surface area contributed by atoms with Crippen molar-refractivity contribution < 1.29 is 0 Å². The number of benzene rings is 1. The first-order valence-electron chi connectivity index (χ1n) is 4.88. The van der Waals surface area contributed by atoms with Crippen molar-refractivity contribution in [2.45, 2.75) is 0 Å². The summed E-state index contributed by atoms with van der Waals surface area (Å²) >= 11 is 3.33. The van der Waals surface area contributed by atoms with Crippen LogP contribution >= 0.6 is 15.9 Å². The Labute approximate surface area is 101 Å². The van der Waals surface area contributed by atoms with E-state index in [4.69, 9.17) is 0 Å². The Bertz CT molecular complexity index is 631. The first-order chi connectivity index (χ1) is 7.83. The van der Waals surface area contributed by atoms with E-state index in [-0.39, 0.29) is 0 Å². The fourth-order valence-electron chi connectivity index (χ4n) is 1.64. The van der Waals surface area contributed by atoms with Gasteiger partial charge in [-0.25, -0.2) is 9.97 Å². The van der Waals surface area contributed by atoms with E-state index in [1.165, 1.54) is 0 Å². The summed E-state index contributed by atoms with van der Waals surface area (Å²) in [6.45, 7) is 0. The van der Waals surface area contributed by atoms with Gasteiger partial charge in [0.05, 0.1) is 0 Å². The van der Waals surface area contributed by atoms with Gasteiger partial charge in [-0.05, 0) is 21.5 Å². The fraction of sp³-hybridized carbons (Fsp3) is 0. The highest BCUT2D eigenvalue weighted by Crippen LogP contribution is 2.19. The number of aromatic nitrogens is 3. The lowest BCUT2D eigenvalue weighted by atomic mass is 10.1. The molecule has 2 heterocycles. The number of hydrogen-bond acceptors (Lipinski definition) is 2. The lowest BCUT2D eigenvalue weighted by Gasteiger charge is -2.00. The maximum atomic E-state index is 4.30. The van der Waals surface area contributed by atoms with E-state index < -0.39 is 0 Å². The van der Waals surface area contributed by atoms with Crippen molar-refractivity contribution in [3.63, 3.8) is 0 Å². The smallest absolute Gasteiger partial charge is 0.234 e. The molecule has 0 bridgehead atoms. The van der Waals surface area contributed by atoms with Crippen LogP contribution in [0.2, 0.25) is 0 Å². The molecule has 0 amide bonds. The molecule has 0 spiro atoms. The average Bonchev–Trinajstić information content (AvgIpc) is 2.69. The van der Waals surface area contributed by atoms with Gasteiger partial charge in [-0.2, -0.15) is 0 Å². The molecule has 0 aliphatic carbocycles. The molecule has 0 N–H and O–H groups in total. The molecule has 2 aromatic heterocycles. The van der Waals surface area contributed by atoms with Gasteiger partial charge >= 0.3 is 0 Å². The van der Waals surface area contributed by atoms with Crippen molar-refractivity contribution in [1.29, 1.82) is 0 Å². The highest BCUT2D eigenvalue weighted by molar-refractivity contribution is 9.10. The molecule has 0 aliphatic heterocycles. The number of nitrogens with zero attached hydrogens (tertiary/aromatic N) is 3. The van der Waals surface area contributed by atoms with Crippen LogP contribution in [-0.2, 0) is 0 Å². The van der Waals surface area contributed by atoms with Gasteiger partial charge in [0.1, 0.15) is 4.60 Å². The standard InChI is InChI=1S/C12H8BrN3/c13-11-8-16-7-10(6-14-12(16)15-11)9-4-2-1-3-5-9/h1-8H. The van der Waals surface area contributed by atoms with Gasteiger partial charge in [-0.15, -0.1) is 0 Å². The predicted molar refractivity (Wildman–Crippen MR) is 66.1 cm³/mol. The monoisotopic (exact) mass is 273 g/mol. The Balaban J connectivity index is 2.18. The molecule has 16 heavy (non-hydrogen) atoms. The summed E-state index contributed by atoms with van der Waals surface area (Å²) in [6, 6.07) is 10.2. The molecule has 4 heteroatoms. The molecule has 1 aromatic carbocycles. The van der Waals surface area contributed by atoms with Gasteiger partial charge in [0, 0.05) is 24.2 Å². The van der Waals surface area contributed by atoms with Crippen LogP contribution in [0.25, 0.3) is 16.9 Å². The Morgan fingerprint density at radius 2 is 1.81 bits per heavy atom. The summed E-state index contributed by atoms with van der Waals surface area (Å²) in [5, 5.41) is 0. The minimum atomic E-state index is 0.701. The maximum absolute atomic E-state index is 4.30. The van der Waals surface area contributed by atoms with E-state index in [0.29, 0.717) is 5.78 Å². The van der Waals surface area contributed by atoms with Gasteiger partial charge in [0.25, 0.3) is 0 Å². The van der Waals surface area contributed by atoms with Gasteiger partial charge < -0.3 is 0 Å². The topological polar surface area (TPSA) is 30.2 Å². The minimum Gasteiger partial charge on any atom is -0.289 e. The molecule has 0 saturated carbocycles. The third kappa shape index (κ3) is 1.61. The maximum Gasteiger partial charge on any atom is 0.234 e. The molecule has 0 aliphatic rings. The van der Waals surface area contributed by atoms with Gasteiger partial charge in [-0.3, -0.25) is 4.40 Å². The zero-order chi connectivity index (χ0) is 11.0. The molecule has 78 valence electrons. The summed E-state index contributed by atoms with van der Waals surface area (Å²) in [6.07, 6.45) is 5.76. The van der Waals surface area contributed by atoms with Crippen LogP contribution in [0, 0.1) is 0 Å². The van der Waals surface area contributed by atoms with Crippen LogP contribution in [0.15, 0.2) is 53.5 Å². The molecule has 0 radical (unpaired) electrons. The van der Waals surface area contributed by atoms with Crippen molar-refractivity contribution in [2.24, 2.45) is 0 Å². The number of imidazole rings is 1. The zero-order valence-corrected chi connectivity index (χ0v) is 9.92. The largest absolute Gasteiger partial charge is 0.289 e. The van der Waals surface area contributed by atoms with E-state index in [9.17, 15) is 0 Å². The van der Waals surface area contributed by atoms with Crippen LogP contribution in [0.4, 0.5) is 0 Å². The van der Waals surface area contributed by atoms with Gasteiger partial charge in [0.2, 0.25) is 5.78 Å². The normalized spacial score (nSPS) is 10.8. The molecule has 3 aromatic rings. The Morgan fingerprint density at radius 3 is 2.62 bits per heavy atom. The Kier molecular flexibility index (Phi) is 2.22. The number of fused-ring (bicyclic) bond motifs is 1. The summed E-state index contributed by atoms with van der Waals surface area (Å²) in [7, 11) is 0. The molecule has 0 saturated heterocycles. The summed E-state index contributed by atoms with van der Waals surface area (Å²) in [5.41, 5.74) is 2.24. The molecule has 3 rings (SSSR count). The summed E-state index contributed by atoms with van der Waals surface area (Å²) in [4.78, 5) is 8.52. The molecule has 0 atom stereocenters. The van der Waals surface area contributed by atoms with Crippen LogP contribution in [0.1, 0.15) is 0 Å². The molecular formula is C12H8BrN3. The molecule has 0 fully saturated rings. The third-order valence-electron chi connectivity index (χ3n) is 2.39. The average molecular weight is 274 g/mol. The van der Waals surface area contributed by atoms with E-state index in [1.54, 1.807) is 0 Å². The highest BCUT2D eigenvalue weighted by Gasteiger charge is 2.02. The number of hydrogen-bond donors (Lipinski definition) is 0. The fourth-order valence-corrected chi connectivity index (χ4v) is 2.01. The van der Waals surface area contributed by atoms with Crippen LogP contribution < -0.4 is 0 Å². The second-order valence-corrected chi connectivity index (χ2v) is 4.29. The minimum absolute atomic E-state index is 0.701. The van der Waals surface area contributed by atoms with E-state index >= 15 is 0 Å². The zero-order valence-electron chi connectivity index (χ0n) is 8.34.